The Bertz CT molecular complexity index is 1340. The monoisotopic (exact) mass is 480 g/mol. The highest BCUT2D eigenvalue weighted by Crippen LogP contribution is 2.36. The predicted octanol–water partition coefficient (Wildman–Crippen LogP) is 6.41. The molecule has 0 spiro atoms. The first-order valence-corrected chi connectivity index (χ1v) is 11.7. The Morgan fingerprint density at radius 1 is 1.12 bits per heavy atom. The van der Waals surface area contributed by atoms with Gasteiger partial charge >= 0.3 is 0 Å². The Morgan fingerprint density at radius 3 is 2.76 bits per heavy atom. The van der Waals surface area contributed by atoms with Gasteiger partial charge in [0.05, 0.1) is 24.5 Å². The zero-order valence-electron chi connectivity index (χ0n) is 18.5. The number of ether oxygens (including phenoxy) is 2. The lowest BCUT2D eigenvalue weighted by Crippen LogP contribution is -2.03. The van der Waals surface area contributed by atoms with Crippen molar-refractivity contribution in [1.82, 2.24) is 14.9 Å². The van der Waals surface area contributed by atoms with E-state index in [1.807, 2.05) is 38.1 Å². The van der Waals surface area contributed by atoms with Gasteiger partial charge in [0.25, 0.3) is 0 Å². The van der Waals surface area contributed by atoms with E-state index in [9.17, 15) is 0 Å². The van der Waals surface area contributed by atoms with Crippen LogP contribution in [0, 0.1) is 4.77 Å². The summed E-state index contributed by atoms with van der Waals surface area (Å²) >= 11 is 11.9. The first kappa shape index (κ1) is 23.0. The second kappa shape index (κ2) is 10.6. The van der Waals surface area contributed by atoms with E-state index in [0.717, 1.165) is 17.5 Å². The smallest absolute Gasteiger partial charge is 0.216 e. The van der Waals surface area contributed by atoms with Gasteiger partial charge in [0.1, 0.15) is 0 Å². The van der Waals surface area contributed by atoms with Crippen LogP contribution >= 0.6 is 23.8 Å². The molecule has 1 heterocycles. The largest absolute Gasteiger partial charge is 0.490 e. The topological polar surface area (TPSA) is 64.4 Å². The van der Waals surface area contributed by atoms with Gasteiger partial charge in [0.2, 0.25) is 4.77 Å². The summed E-state index contributed by atoms with van der Waals surface area (Å²) in [5.74, 6) is 1.85. The van der Waals surface area contributed by atoms with E-state index < -0.39 is 0 Å². The highest BCUT2D eigenvalue weighted by atomic mass is 35.5. The Hall–Kier alpha value is -3.16. The van der Waals surface area contributed by atoms with Crippen molar-refractivity contribution in [2.24, 2.45) is 5.10 Å². The zero-order chi connectivity index (χ0) is 23.2. The van der Waals surface area contributed by atoms with Gasteiger partial charge < -0.3 is 9.47 Å². The second-order valence-electron chi connectivity index (χ2n) is 7.43. The van der Waals surface area contributed by atoms with Crippen molar-refractivity contribution in [2.75, 3.05) is 13.2 Å². The van der Waals surface area contributed by atoms with Crippen LogP contribution in [0.4, 0.5) is 0 Å². The van der Waals surface area contributed by atoms with Crippen molar-refractivity contribution in [2.45, 2.75) is 26.7 Å². The maximum Gasteiger partial charge on any atom is 0.216 e. The Balaban J connectivity index is 1.64. The van der Waals surface area contributed by atoms with Gasteiger partial charge in [-0.25, -0.2) is 0 Å². The normalized spacial score (nSPS) is 11.4. The lowest BCUT2D eigenvalue weighted by Gasteiger charge is -2.13. The molecule has 0 aliphatic heterocycles. The summed E-state index contributed by atoms with van der Waals surface area (Å²) in [6, 6.07) is 18.2. The quantitative estimate of drug-likeness (QED) is 0.222. The number of nitrogens with one attached hydrogen (secondary N) is 1. The molecule has 1 N–H and O–H groups in total. The van der Waals surface area contributed by atoms with Crippen molar-refractivity contribution in [3.05, 3.63) is 81.3 Å². The molecule has 0 fully saturated rings. The molecule has 33 heavy (non-hydrogen) atoms. The van der Waals surface area contributed by atoms with E-state index in [-0.39, 0.29) is 0 Å². The number of halogens is 1. The standard InChI is InChI=1S/C25H25ClN4O2S/c1-3-12-32-24-21(26)13-17(14-22(24)31-4-2)16-27-30-23(28-29-25(30)33)15-19-10-7-9-18-8-5-6-11-20(18)19/h5-11,13-14,16H,3-4,12,15H2,1-2H3,(H,29,33)/b27-16-. The summed E-state index contributed by atoms with van der Waals surface area (Å²) in [5, 5.41) is 14.7. The minimum absolute atomic E-state index is 0.417. The number of hydrogen-bond donors (Lipinski definition) is 1. The van der Waals surface area contributed by atoms with Crippen molar-refractivity contribution in [3.8, 4) is 11.5 Å². The maximum absolute atomic E-state index is 6.48. The summed E-state index contributed by atoms with van der Waals surface area (Å²) < 4.78 is 13.6. The highest BCUT2D eigenvalue weighted by molar-refractivity contribution is 7.71. The molecule has 1 aromatic heterocycles. The minimum atomic E-state index is 0.417. The van der Waals surface area contributed by atoms with E-state index in [1.165, 1.54) is 10.8 Å². The number of H-pyrrole nitrogens is 1. The third-order valence-corrected chi connectivity index (χ3v) is 5.60. The number of benzene rings is 3. The predicted molar refractivity (Wildman–Crippen MR) is 136 cm³/mol. The summed E-state index contributed by atoms with van der Waals surface area (Å²) in [4.78, 5) is 0. The fourth-order valence-electron chi connectivity index (χ4n) is 3.57. The van der Waals surface area contributed by atoms with Crippen molar-refractivity contribution < 1.29 is 9.47 Å². The molecule has 0 amide bonds. The fourth-order valence-corrected chi connectivity index (χ4v) is 4.04. The second-order valence-corrected chi connectivity index (χ2v) is 8.22. The van der Waals surface area contributed by atoms with Crippen molar-refractivity contribution in [1.29, 1.82) is 0 Å². The van der Waals surface area contributed by atoms with Crippen LogP contribution in [-0.2, 0) is 6.42 Å². The van der Waals surface area contributed by atoms with E-state index in [0.29, 0.717) is 46.8 Å². The van der Waals surface area contributed by atoms with Gasteiger partial charge in [-0.05, 0) is 59.6 Å². The average Bonchev–Trinajstić information content (AvgIpc) is 3.16. The lowest BCUT2D eigenvalue weighted by molar-refractivity contribution is 0.277. The SMILES string of the molecule is CCCOc1c(Cl)cc(/C=N\n2c(Cc3cccc4ccccc34)n[nH]c2=S)cc1OCC. The lowest BCUT2D eigenvalue weighted by atomic mass is 10.0. The summed E-state index contributed by atoms with van der Waals surface area (Å²) in [6.45, 7) is 5.03. The molecule has 170 valence electrons. The van der Waals surface area contributed by atoms with Crippen LogP contribution in [0.15, 0.2) is 59.7 Å². The molecular weight excluding hydrogens is 456 g/mol. The van der Waals surface area contributed by atoms with Crippen LogP contribution in [0.1, 0.15) is 37.2 Å². The number of fused-ring (bicyclic) bond motifs is 1. The molecule has 6 nitrogen and oxygen atoms in total. The van der Waals surface area contributed by atoms with Crippen molar-refractivity contribution >= 4 is 40.8 Å². The number of aromatic nitrogens is 3. The third kappa shape index (κ3) is 5.26. The van der Waals surface area contributed by atoms with Crippen LogP contribution < -0.4 is 9.47 Å². The van der Waals surface area contributed by atoms with Crippen LogP contribution in [0.3, 0.4) is 0 Å². The number of rotatable bonds is 9. The van der Waals surface area contributed by atoms with Gasteiger partial charge in [0.15, 0.2) is 17.3 Å². The first-order valence-electron chi connectivity index (χ1n) is 10.9. The molecule has 0 aliphatic rings. The summed E-state index contributed by atoms with van der Waals surface area (Å²) in [7, 11) is 0. The van der Waals surface area contributed by atoms with E-state index >= 15 is 0 Å². The summed E-state index contributed by atoms with van der Waals surface area (Å²) in [6.07, 6.45) is 3.15. The Morgan fingerprint density at radius 2 is 1.94 bits per heavy atom. The molecule has 0 bridgehead atoms. The fraction of sp³-hybridized carbons (Fsp3) is 0.240. The number of aromatic amines is 1. The summed E-state index contributed by atoms with van der Waals surface area (Å²) in [5.41, 5.74) is 1.92. The number of hydrogen-bond acceptors (Lipinski definition) is 5. The van der Waals surface area contributed by atoms with Crippen molar-refractivity contribution in [3.63, 3.8) is 0 Å². The maximum atomic E-state index is 6.48. The minimum Gasteiger partial charge on any atom is -0.490 e. The third-order valence-electron chi connectivity index (χ3n) is 5.05. The molecule has 8 heteroatoms. The number of nitrogens with zero attached hydrogens (tertiary/aromatic N) is 3. The molecule has 3 aromatic carbocycles. The molecule has 0 saturated heterocycles. The molecular formula is C25H25ClN4O2S. The first-order chi connectivity index (χ1) is 16.1. The average molecular weight is 481 g/mol. The van der Waals surface area contributed by atoms with Crippen LogP contribution in [-0.4, -0.2) is 34.3 Å². The Labute approximate surface area is 202 Å². The van der Waals surface area contributed by atoms with E-state index in [1.54, 1.807) is 17.0 Å². The van der Waals surface area contributed by atoms with Gasteiger partial charge in [0, 0.05) is 6.42 Å². The molecule has 0 radical (unpaired) electrons. The zero-order valence-corrected chi connectivity index (χ0v) is 20.1. The van der Waals surface area contributed by atoms with E-state index in [4.69, 9.17) is 33.3 Å². The van der Waals surface area contributed by atoms with Gasteiger partial charge in [-0.3, -0.25) is 5.10 Å². The van der Waals surface area contributed by atoms with Gasteiger partial charge in [-0.15, -0.1) is 0 Å². The van der Waals surface area contributed by atoms with Crippen LogP contribution in [0.5, 0.6) is 11.5 Å². The molecule has 4 aromatic rings. The highest BCUT2D eigenvalue weighted by Gasteiger charge is 2.13. The van der Waals surface area contributed by atoms with E-state index in [2.05, 4.69) is 39.6 Å². The molecule has 4 rings (SSSR count). The van der Waals surface area contributed by atoms with Gasteiger partial charge in [-0.1, -0.05) is 61.0 Å². The van der Waals surface area contributed by atoms with Crippen LogP contribution in [0.25, 0.3) is 10.8 Å². The molecule has 0 aliphatic carbocycles. The molecule has 0 unspecified atom stereocenters. The Kier molecular flexibility index (Phi) is 7.42. The van der Waals surface area contributed by atoms with Crippen LogP contribution in [0.2, 0.25) is 5.02 Å². The molecule has 0 saturated carbocycles. The van der Waals surface area contributed by atoms with Gasteiger partial charge in [-0.2, -0.15) is 14.9 Å². The molecule has 0 atom stereocenters.